The van der Waals surface area contributed by atoms with E-state index in [4.69, 9.17) is 10.5 Å². The summed E-state index contributed by atoms with van der Waals surface area (Å²) >= 11 is 1.45. The van der Waals surface area contributed by atoms with Gasteiger partial charge in [0, 0.05) is 26.7 Å². The summed E-state index contributed by atoms with van der Waals surface area (Å²) in [5.74, 6) is 0. The molecule has 11 heteroatoms. The molecular weight excluding hydrogens is 467 g/mol. The van der Waals surface area contributed by atoms with Crippen molar-refractivity contribution in [1.82, 2.24) is 14.5 Å². The number of imidazole rings is 1. The predicted molar refractivity (Wildman–Crippen MR) is 127 cm³/mol. The molecule has 34 heavy (non-hydrogen) atoms. The van der Waals surface area contributed by atoms with E-state index in [0.717, 1.165) is 44.9 Å². The summed E-state index contributed by atoms with van der Waals surface area (Å²) in [4.78, 5) is 20.2. The molecule has 180 valence electrons. The van der Waals surface area contributed by atoms with Crippen LogP contribution in [0.4, 0.5) is 18.3 Å². The second-order valence-corrected chi connectivity index (χ2v) is 8.99. The van der Waals surface area contributed by atoms with Crippen molar-refractivity contribution in [3.05, 3.63) is 69.8 Å². The maximum absolute atomic E-state index is 12.7. The lowest BCUT2D eigenvalue weighted by Gasteiger charge is -2.13. The van der Waals surface area contributed by atoms with Gasteiger partial charge in [-0.25, -0.2) is 9.78 Å². The third kappa shape index (κ3) is 5.16. The van der Waals surface area contributed by atoms with Crippen LogP contribution >= 0.6 is 11.3 Å². The van der Waals surface area contributed by atoms with E-state index in [1.54, 1.807) is 18.7 Å². The molecule has 0 bridgehead atoms. The molecule has 0 aliphatic heterocycles. The number of thiazole rings is 1. The molecule has 2 aromatic heterocycles. The minimum atomic E-state index is -4.36. The number of fused-ring (bicyclic) bond motifs is 1. The summed E-state index contributed by atoms with van der Waals surface area (Å²) in [6.45, 7) is 0.709. The van der Waals surface area contributed by atoms with Gasteiger partial charge in [0.1, 0.15) is 0 Å². The van der Waals surface area contributed by atoms with Crippen molar-refractivity contribution < 1.29 is 17.9 Å². The molecule has 0 spiro atoms. The fourth-order valence-electron chi connectivity index (χ4n) is 3.68. The van der Waals surface area contributed by atoms with Gasteiger partial charge >= 0.3 is 11.9 Å². The number of aryl methyl sites for hydroxylation is 1. The van der Waals surface area contributed by atoms with Crippen molar-refractivity contribution in [2.24, 2.45) is 12.8 Å². The summed E-state index contributed by atoms with van der Waals surface area (Å²) in [5, 5.41) is 3.89. The van der Waals surface area contributed by atoms with Crippen LogP contribution in [0.25, 0.3) is 21.5 Å². The van der Waals surface area contributed by atoms with Crippen LogP contribution in [0.1, 0.15) is 16.8 Å². The predicted octanol–water partition coefficient (Wildman–Crippen LogP) is 4.14. The first kappa shape index (κ1) is 24.0. The minimum absolute atomic E-state index is 0.182. The molecule has 2 aromatic carbocycles. The number of halogens is 3. The van der Waals surface area contributed by atoms with E-state index < -0.39 is 11.7 Å². The molecule has 4 aromatic rings. The minimum Gasteiger partial charge on any atom is -0.378 e. The Morgan fingerprint density at radius 2 is 1.97 bits per heavy atom. The van der Waals surface area contributed by atoms with E-state index in [9.17, 15) is 18.0 Å². The lowest BCUT2D eigenvalue weighted by atomic mass is 10.0. The Labute approximate surface area is 197 Å². The number of hydrogen-bond donors (Lipinski definition) is 3. The molecule has 0 fully saturated rings. The smallest absolute Gasteiger partial charge is 0.378 e. The van der Waals surface area contributed by atoms with Crippen LogP contribution in [0.5, 0.6) is 0 Å². The molecule has 7 nitrogen and oxygen atoms in total. The van der Waals surface area contributed by atoms with Gasteiger partial charge in [-0.1, -0.05) is 29.5 Å². The quantitative estimate of drug-likeness (QED) is 0.344. The number of hydrogen-bond acceptors (Lipinski definition) is 6. The second kappa shape index (κ2) is 9.61. The molecule has 4 N–H and O–H groups in total. The van der Waals surface area contributed by atoms with Gasteiger partial charge in [0.25, 0.3) is 0 Å². The number of methoxy groups -OCH3 is 1. The zero-order valence-electron chi connectivity index (χ0n) is 18.6. The summed E-state index contributed by atoms with van der Waals surface area (Å²) in [6, 6.07) is 10.4. The molecule has 0 aliphatic rings. The highest BCUT2D eigenvalue weighted by Crippen LogP contribution is 2.35. The Kier molecular flexibility index (Phi) is 6.78. The molecular formula is C23H24F3N5O2S. The molecule has 2 heterocycles. The Bertz CT molecular complexity index is 1340. The summed E-state index contributed by atoms with van der Waals surface area (Å²) in [6.07, 6.45) is -3.93. The Hall–Kier alpha value is -3.15. The van der Waals surface area contributed by atoms with Crippen molar-refractivity contribution in [2.45, 2.75) is 25.2 Å². The Morgan fingerprint density at radius 1 is 1.24 bits per heavy atom. The summed E-state index contributed by atoms with van der Waals surface area (Å²) in [5.41, 5.74) is 9.28. The monoisotopic (exact) mass is 491 g/mol. The highest BCUT2D eigenvalue weighted by atomic mass is 32.1. The van der Waals surface area contributed by atoms with Gasteiger partial charge in [-0.05, 0) is 41.8 Å². The van der Waals surface area contributed by atoms with Crippen molar-refractivity contribution in [2.75, 3.05) is 19.0 Å². The fraction of sp³-hybridized carbons (Fsp3) is 0.304. The number of anilines is 1. The number of nitrogens with two attached hydrogens (primary N) is 1. The van der Waals surface area contributed by atoms with Gasteiger partial charge in [0.2, 0.25) is 0 Å². The molecule has 0 saturated heterocycles. The average molecular weight is 492 g/mol. The number of ether oxygens (including phenoxy) is 1. The normalized spacial score (nSPS) is 12.9. The number of nitrogens with one attached hydrogen (secondary N) is 2. The van der Waals surface area contributed by atoms with Crippen LogP contribution in [0.2, 0.25) is 0 Å². The molecule has 1 atom stereocenters. The SMILES string of the molecule is COCc1nc(NCC(N)Cc2ccc(C(F)(F)F)cc2)sc1-c1ccc2[nH]c(=O)n(C)c2c1. The molecule has 0 saturated carbocycles. The number of aromatic nitrogens is 3. The van der Waals surface area contributed by atoms with Crippen LogP contribution in [-0.2, 0) is 31.0 Å². The molecule has 0 aliphatic carbocycles. The largest absolute Gasteiger partial charge is 0.416 e. The Morgan fingerprint density at radius 3 is 2.65 bits per heavy atom. The second-order valence-electron chi connectivity index (χ2n) is 7.99. The lowest BCUT2D eigenvalue weighted by Crippen LogP contribution is -2.31. The van der Waals surface area contributed by atoms with Crippen molar-refractivity contribution >= 4 is 27.5 Å². The van der Waals surface area contributed by atoms with Crippen LogP contribution in [0.3, 0.4) is 0 Å². The molecule has 0 radical (unpaired) electrons. The van der Waals surface area contributed by atoms with E-state index in [1.807, 2.05) is 18.2 Å². The van der Waals surface area contributed by atoms with Gasteiger partial charge < -0.3 is 20.8 Å². The standard InChI is InChI=1S/C23H24F3N5O2S/c1-31-19-10-14(5-8-17(19)30-22(31)32)20-18(12-33-2)29-21(34-20)28-11-16(27)9-13-3-6-15(7-4-13)23(24,25)26/h3-8,10,16H,9,11-12,27H2,1-2H3,(H,28,29)(H,30,32). The summed E-state index contributed by atoms with van der Waals surface area (Å²) in [7, 11) is 3.30. The third-order valence-corrected chi connectivity index (χ3v) is 6.54. The van der Waals surface area contributed by atoms with Crippen LogP contribution in [0.15, 0.2) is 47.3 Å². The number of aromatic amines is 1. The van der Waals surface area contributed by atoms with Crippen LogP contribution in [0, 0.1) is 0 Å². The zero-order chi connectivity index (χ0) is 24.5. The number of alkyl halides is 3. The van der Waals surface area contributed by atoms with Gasteiger partial charge in [0.15, 0.2) is 5.13 Å². The summed E-state index contributed by atoms with van der Waals surface area (Å²) < 4.78 is 45.1. The maximum atomic E-state index is 12.7. The highest BCUT2D eigenvalue weighted by Gasteiger charge is 2.30. The van der Waals surface area contributed by atoms with Crippen molar-refractivity contribution in [3.63, 3.8) is 0 Å². The Balaban J connectivity index is 1.47. The molecule has 1 unspecified atom stereocenters. The van der Waals surface area contributed by atoms with Gasteiger partial charge in [-0.3, -0.25) is 4.57 Å². The highest BCUT2D eigenvalue weighted by molar-refractivity contribution is 7.19. The van der Waals surface area contributed by atoms with Gasteiger partial charge in [-0.2, -0.15) is 13.2 Å². The third-order valence-electron chi connectivity index (χ3n) is 5.44. The molecule has 0 amide bonds. The average Bonchev–Trinajstić information content (AvgIpc) is 3.32. The van der Waals surface area contributed by atoms with E-state index in [2.05, 4.69) is 15.3 Å². The van der Waals surface area contributed by atoms with E-state index in [1.165, 1.54) is 23.5 Å². The lowest BCUT2D eigenvalue weighted by molar-refractivity contribution is -0.137. The van der Waals surface area contributed by atoms with Crippen LogP contribution in [-0.4, -0.2) is 34.2 Å². The number of benzene rings is 2. The van der Waals surface area contributed by atoms with Gasteiger partial charge in [0.05, 0.1) is 33.8 Å². The zero-order valence-corrected chi connectivity index (χ0v) is 19.4. The first-order chi connectivity index (χ1) is 16.2. The molecule has 4 rings (SSSR count). The van der Waals surface area contributed by atoms with Gasteiger partial charge in [-0.15, -0.1) is 0 Å². The van der Waals surface area contributed by atoms with E-state index in [-0.39, 0.29) is 11.7 Å². The maximum Gasteiger partial charge on any atom is 0.416 e. The number of rotatable bonds is 8. The van der Waals surface area contributed by atoms with Crippen molar-refractivity contribution in [1.29, 1.82) is 0 Å². The van der Waals surface area contributed by atoms with E-state index >= 15 is 0 Å². The first-order valence-corrected chi connectivity index (χ1v) is 11.3. The number of H-pyrrole nitrogens is 1. The topological polar surface area (TPSA) is 98.0 Å². The fourth-order valence-corrected chi connectivity index (χ4v) is 4.65. The van der Waals surface area contributed by atoms with Crippen LogP contribution < -0.4 is 16.7 Å². The van der Waals surface area contributed by atoms with E-state index in [0.29, 0.717) is 24.7 Å². The number of nitrogens with zero attached hydrogens (tertiary/aromatic N) is 2. The van der Waals surface area contributed by atoms with Crippen molar-refractivity contribution in [3.8, 4) is 10.4 Å². The first-order valence-electron chi connectivity index (χ1n) is 10.5.